The van der Waals surface area contributed by atoms with Crippen LogP contribution < -0.4 is 30.1 Å². The van der Waals surface area contributed by atoms with Crippen molar-refractivity contribution in [3.63, 3.8) is 0 Å². The smallest absolute Gasteiger partial charge is 0.268 e. The first-order valence-corrected chi connectivity index (χ1v) is 33.9. The van der Waals surface area contributed by atoms with Crippen LogP contribution in [0.3, 0.4) is 0 Å². The summed E-state index contributed by atoms with van der Waals surface area (Å²) in [6.45, 7) is 12.7. The summed E-state index contributed by atoms with van der Waals surface area (Å²) in [6.07, 6.45) is 5.52. The topological polar surface area (TPSA) is 35.9 Å². The van der Waals surface area contributed by atoms with E-state index in [0.717, 1.165) is 33.0 Å². The van der Waals surface area contributed by atoms with Crippen molar-refractivity contribution in [1.82, 2.24) is 14.1 Å². The van der Waals surface area contributed by atoms with Gasteiger partial charge in [-0.3, -0.25) is 4.57 Å². The van der Waals surface area contributed by atoms with E-state index < -0.39 is 179 Å². The third kappa shape index (κ3) is 10.9. The average Bonchev–Trinajstić information content (AvgIpc) is 1.43. The number of pyridine rings is 1. The monoisotopic (exact) mass is 1490 g/mol. The van der Waals surface area contributed by atoms with E-state index in [1.807, 2.05) is 94.1 Å². The number of hydrogen-bond donors (Lipinski definition) is 0. The Morgan fingerprint density at radius 3 is 1.72 bits per heavy atom. The molecule has 16 aromatic rings. The summed E-state index contributed by atoms with van der Waals surface area (Å²) in [5, 5.41) is -2.22. The van der Waals surface area contributed by atoms with Crippen molar-refractivity contribution in [3.05, 3.63) is 345 Å². The van der Waals surface area contributed by atoms with Crippen LogP contribution in [-0.4, -0.2) is 22.2 Å². The van der Waals surface area contributed by atoms with Gasteiger partial charge in [0, 0.05) is 44.3 Å². The molecule has 1 aliphatic rings. The first-order chi connectivity index (χ1) is 57.8. The van der Waals surface area contributed by atoms with E-state index in [-0.39, 0.29) is 76.9 Å². The molecular weight excluding hydrogens is 1400 g/mol. The predicted molar refractivity (Wildman–Crippen MR) is 407 cm³/mol. The van der Waals surface area contributed by atoms with Gasteiger partial charge in [-0.25, -0.2) is 4.98 Å². The van der Waals surface area contributed by atoms with Crippen molar-refractivity contribution in [2.75, 3.05) is 0 Å². The molecule has 3 aromatic heterocycles. The molecule has 0 aliphatic carbocycles. The van der Waals surface area contributed by atoms with Gasteiger partial charge in [0.1, 0.15) is 5.82 Å². The van der Waals surface area contributed by atoms with Crippen LogP contribution in [-0.2, 0) is 31.9 Å². The molecule has 13 aromatic carbocycles. The standard InChI is InChI=1S/C92H70N4OSi.Pt/c1-91(2,3)66-49-47-63(48-50-66)76-43-26-45-82-81-44-25-42-75(62-27-11-7-12-28-62)88(81)80-41-20-19-39-77(80)83-56-65(64-29-23-38-74(55-64)98(71-32-13-8-14-33-71,72-34-15-9-16-35-72)73-36-17-10-18-37-73)57-86-90(83)95(89(76)82)61-94(86)68-30-24-31-69(59-68)97-70-51-52-79-78-40-21-22-46-84(78)96(85(79)60-70)87-58-67(53-54-93-87)92(4,5)6;/h7-58H,1-6H3;/q-2;/i7D,8D,9D,10D,11D,12D,13D,14D,15D,16D,17D,18D,23D,27D,28D,29D,32D,33D,34D,35D,36D,37D,38D,55D;. The van der Waals surface area contributed by atoms with Gasteiger partial charge >= 0.3 is 0 Å². The molecule has 480 valence electrons. The molecule has 0 radical (unpaired) electrons. The van der Waals surface area contributed by atoms with E-state index in [9.17, 15) is 24.7 Å². The molecule has 0 saturated heterocycles. The van der Waals surface area contributed by atoms with Crippen LogP contribution in [0.1, 0.15) is 85.6 Å². The van der Waals surface area contributed by atoms with E-state index in [1.54, 1.807) is 83.6 Å². The van der Waals surface area contributed by atoms with Crippen LogP contribution in [0.15, 0.2) is 315 Å². The largest absolute Gasteiger partial charge is 0.510 e. The van der Waals surface area contributed by atoms with Crippen LogP contribution in [0.25, 0.3) is 117 Å². The van der Waals surface area contributed by atoms with E-state index in [0.29, 0.717) is 55.9 Å². The minimum absolute atomic E-state index is 0. The molecule has 1 aliphatic heterocycles. The summed E-state index contributed by atoms with van der Waals surface area (Å²) < 4.78 is 243. The zero-order valence-electron chi connectivity index (χ0n) is 78.2. The van der Waals surface area contributed by atoms with Crippen molar-refractivity contribution < 1.29 is 63.3 Å². The Morgan fingerprint density at radius 1 is 0.434 bits per heavy atom. The van der Waals surface area contributed by atoms with Crippen molar-refractivity contribution in [1.29, 1.82) is 0 Å². The van der Waals surface area contributed by atoms with Crippen LogP contribution in [0.2, 0.25) is 0 Å². The number of benzene rings is 13. The summed E-state index contributed by atoms with van der Waals surface area (Å²) in [7, 11) is -6.40. The van der Waals surface area contributed by atoms with E-state index in [4.69, 9.17) is 17.9 Å². The Bertz CT molecular complexity index is 7000. The number of para-hydroxylation sites is 2. The van der Waals surface area contributed by atoms with Crippen molar-refractivity contribution >= 4 is 61.7 Å². The molecule has 7 heteroatoms. The van der Waals surface area contributed by atoms with Crippen molar-refractivity contribution in [2.24, 2.45) is 0 Å². The first-order valence-electron chi connectivity index (χ1n) is 43.9. The molecule has 99 heavy (non-hydrogen) atoms. The quantitative estimate of drug-likeness (QED) is 0.0560. The second-order valence-corrected chi connectivity index (χ2v) is 29.6. The van der Waals surface area contributed by atoms with Gasteiger partial charge in [0.15, 0.2) is 8.07 Å². The number of fused-ring (bicyclic) bond motifs is 10. The summed E-state index contributed by atoms with van der Waals surface area (Å²) in [4.78, 5) is 4.88. The van der Waals surface area contributed by atoms with E-state index >= 15 is 0 Å². The molecule has 0 amide bonds. The molecule has 4 heterocycles. The fourth-order valence-corrected chi connectivity index (χ4v) is 17.1. The Kier molecular flexibility index (Phi) is 10.5. The SMILES string of the molecule is [2H]c1c([2H])c([2H])c(-c2cccc3c2-c2ccccc2-c2cc(-c4c([2H])c([2H])c([2H])c([Si](c5c([2H])c([2H])c([2H])c([2H])c5[2H])(c5c([2H])c([2H])c([2H])c([2H])c5[2H])c5c([2H])c([2H])c([2H])c([2H])c5[2H])c4[2H])cc4c2[n+]([c-]n4-c2[c-]c(Oc4[c-]c5c(cc4)c4ccccc4n5-c4cc(C(C)(C)C)ccn4)ccc2)-c2c(-c4ccc(C(C)(C)C)cc4)cccc2-3)c([2H])c1[2H].[Pt]. The summed E-state index contributed by atoms with van der Waals surface area (Å²) in [5.41, 5.74) is 7.29. The summed E-state index contributed by atoms with van der Waals surface area (Å²) in [5.74, 6) is 1.10. The second kappa shape index (κ2) is 25.1. The zero-order valence-corrected chi connectivity index (χ0v) is 57.5. The number of imidazole rings is 1. The zero-order chi connectivity index (χ0) is 87.2. The fraction of sp³-hybridized carbons (Fsp3) is 0.0870. The number of ether oxygens (including phenoxy) is 1. The Labute approximate surface area is 628 Å². The molecule has 0 unspecified atom stereocenters. The fourth-order valence-electron chi connectivity index (χ4n) is 13.6. The second-order valence-electron chi connectivity index (χ2n) is 26.1. The maximum atomic E-state index is 11.2. The molecule has 0 N–H and O–H groups in total. The number of nitrogens with zero attached hydrogens (tertiary/aromatic N) is 4. The number of aromatic nitrogens is 4. The van der Waals surface area contributed by atoms with Gasteiger partial charge in [0.2, 0.25) is 0 Å². The van der Waals surface area contributed by atoms with Gasteiger partial charge in [-0.1, -0.05) is 301 Å². The molecule has 5 nitrogen and oxygen atoms in total. The molecular formula is C92H70N4OPtSi-2. The minimum Gasteiger partial charge on any atom is -0.510 e. The predicted octanol–water partition coefficient (Wildman–Crippen LogP) is 19.9. The van der Waals surface area contributed by atoms with Gasteiger partial charge in [0.25, 0.3) is 6.33 Å². The van der Waals surface area contributed by atoms with Crippen molar-refractivity contribution in [3.8, 4) is 95.5 Å². The molecule has 0 saturated carbocycles. The molecule has 0 atom stereocenters. The van der Waals surface area contributed by atoms with Gasteiger partial charge in [-0.15, -0.1) is 29.7 Å². The third-order valence-corrected chi connectivity index (χ3v) is 22.2. The van der Waals surface area contributed by atoms with E-state index in [2.05, 4.69) is 66.1 Å². The number of hydrogen-bond acceptors (Lipinski definition) is 2. The molecule has 0 fully saturated rings. The minimum atomic E-state index is -6.40. The van der Waals surface area contributed by atoms with Gasteiger partial charge in [-0.2, -0.15) is 18.2 Å². The first kappa shape index (κ1) is 41.3. The van der Waals surface area contributed by atoms with Crippen LogP contribution in [0.5, 0.6) is 11.5 Å². The third-order valence-electron chi connectivity index (χ3n) is 18.2. The molecule has 0 spiro atoms. The van der Waals surface area contributed by atoms with Gasteiger partial charge in [-0.05, 0) is 145 Å². The Morgan fingerprint density at radius 2 is 1.02 bits per heavy atom. The van der Waals surface area contributed by atoms with Gasteiger partial charge < -0.3 is 13.9 Å². The Balaban J connectivity index is 0.0000112. The van der Waals surface area contributed by atoms with E-state index in [1.165, 1.54) is 0 Å². The Hall–Kier alpha value is -11.0. The summed E-state index contributed by atoms with van der Waals surface area (Å²) in [6, 6.07) is 33.5. The summed E-state index contributed by atoms with van der Waals surface area (Å²) >= 11 is 0. The molecule has 17 rings (SSSR count). The average molecular weight is 1490 g/mol. The maximum absolute atomic E-state index is 11.2. The normalized spacial score (nSPS) is 15.5. The van der Waals surface area contributed by atoms with Crippen molar-refractivity contribution in [2.45, 2.75) is 52.4 Å². The molecule has 0 bridgehead atoms. The van der Waals surface area contributed by atoms with Gasteiger partial charge in [0.05, 0.1) is 49.6 Å². The van der Waals surface area contributed by atoms with Crippen LogP contribution in [0, 0.1) is 18.5 Å². The number of rotatable bonds is 11. The van der Waals surface area contributed by atoms with Crippen LogP contribution in [0.4, 0.5) is 0 Å². The maximum Gasteiger partial charge on any atom is 0.268 e. The van der Waals surface area contributed by atoms with Crippen LogP contribution >= 0.6 is 0 Å².